The highest BCUT2D eigenvalue weighted by molar-refractivity contribution is 6.34. The lowest BCUT2D eigenvalue weighted by atomic mass is 10.1. The minimum absolute atomic E-state index is 0.580. The lowest BCUT2D eigenvalue weighted by Gasteiger charge is -2.25. The normalized spacial score (nSPS) is 14.7. The van der Waals surface area contributed by atoms with Crippen molar-refractivity contribution in [3.05, 3.63) is 77.4 Å². The van der Waals surface area contributed by atoms with Crippen molar-refractivity contribution in [3.63, 3.8) is 0 Å². The molecule has 2 heterocycles. The first-order chi connectivity index (χ1) is 11.2. The van der Waals surface area contributed by atoms with Crippen LogP contribution in [0.4, 0.5) is 11.4 Å². The van der Waals surface area contributed by atoms with Gasteiger partial charge in [0.1, 0.15) is 0 Å². The Morgan fingerprint density at radius 2 is 1.57 bits per heavy atom. The van der Waals surface area contributed by atoms with Crippen LogP contribution in [0.2, 0.25) is 5.02 Å². The van der Waals surface area contributed by atoms with E-state index in [1.165, 1.54) is 0 Å². The van der Waals surface area contributed by atoms with E-state index in [0.717, 1.165) is 28.2 Å². The first kappa shape index (κ1) is 14.4. The number of fused-ring (bicyclic) bond motifs is 1. The average Bonchev–Trinajstić information content (AvgIpc) is 2.92. The van der Waals surface area contributed by atoms with E-state index in [4.69, 9.17) is 23.2 Å². The van der Waals surface area contributed by atoms with Gasteiger partial charge in [0.05, 0.1) is 22.1 Å². The van der Waals surface area contributed by atoms with Gasteiger partial charge in [-0.05, 0) is 30.3 Å². The molecule has 2 aromatic carbocycles. The van der Waals surface area contributed by atoms with Crippen LogP contribution in [-0.4, -0.2) is 4.98 Å². The van der Waals surface area contributed by atoms with Crippen molar-refractivity contribution in [2.75, 3.05) is 10.6 Å². The number of nitrogens with zero attached hydrogens (tertiary/aromatic N) is 1. The van der Waals surface area contributed by atoms with E-state index in [0.29, 0.717) is 5.02 Å². The van der Waals surface area contributed by atoms with Gasteiger partial charge in [-0.2, -0.15) is 0 Å². The Morgan fingerprint density at radius 3 is 2.17 bits per heavy atom. The molecule has 0 bridgehead atoms. The van der Waals surface area contributed by atoms with Crippen molar-refractivity contribution in [1.82, 2.24) is 4.98 Å². The number of anilines is 2. The van der Waals surface area contributed by atoms with Crippen molar-refractivity contribution in [3.8, 4) is 11.3 Å². The minimum Gasteiger partial charge on any atom is -0.345 e. The molecule has 0 amide bonds. The summed E-state index contributed by atoms with van der Waals surface area (Å²) in [6.07, 6.45) is 1.76. The van der Waals surface area contributed by atoms with Gasteiger partial charge in [-0.1, -0.05) is 53.5 Å². The molecule has 23 heavy (non-hydrogen) atoms. The summed E-state index contributed by atoms with van der Waals surface area (Å²) in [5.74, 6) is 0. The third-order valence-electron chi connectivity index (χ3n) is 3.84. The number of alkyl halides is 1. The Bertz CT molecular complexity index is 840. The highest BCUT2D eigenvalue weighted by atomic mass is 35.5. The van der Waals surface area contributed by atoms with Crippen molar-refractivity contribution in [2.45, 2.75) is 5.12 Å². The zero-order valence-corrected chi connectivity index (χ0v) is 13.6. The van der Waals surface area contributed by atoms with Gasteiger partial charge < -0.3 is 10.6 Å². The molecule has 0 atom stereocenters. The fourth-order valence-corrected chi connectivity index (χ4v) is 3.46. The number of pyridine rings is 1. The molecule has 3 nitrogen and oxygen atoms in total. The second kappa shape index (κ2) is 5.44. The van der Waals surface area contributed by atoms with Crippen LogP contribution in [-0.2, 0) is 5.12 Å². The Hall–Kier alpha value is -2.23. The molecule has 3 aromatic rings. The Balaban J connectivity index is 1.71. The summed E-state index contributed by atoms with van der Waals surface area (Å²) in [6.45, 7) is 0. The van der Waals surface area contributed by atoms with Crippen molar-refractivity contribution in [1.29, 1.82) is 0 Å². The second-order valence-electron chi connectivity index (χ2n) is 5.36. The van der Waals surface area contributed by atoms with Gasteiger partial charge in [0.25, 0.3) is 0 Å². The summed E-state index contributed by atoms with van der Waals surface area (Å²) in [4.78, 5) is 4.34. The van der Waals surface area contributed by atoms with E-state index >= 15 is 0 Å². The molecule has 0 fully saturated rings. The zero-order valence-electron chi connectivity index (χ0n) is 12.1. The smallest absolute Gasteiger partial charge is 0.214 e. The minimum atomic E-state index is -0.955. The third kappa shape index (κ3) is 2.52. The van der Waals surface area contributed by atoms with Crippen molar-refractivity contribution >= 4 is 34.6 Å². The van der Waals surface area contributed by atoms with Crippen LogP contribution in [0.5, 0.6) is 0 Å². The second-order valence-corrected chi connectivity index (χ2v) is 6.34. The Kier molecular flexibility index (Phi) is 3.40. The van der Waals surface area contributed by atoms with Crippen LogP contribution < -0.4 is 10.6 Å². The van der Waals surface area contributed by atoms with E-state index in [9.17, 15) is 0 Å². The number of hydrogen-bond donors (Lipinski definition) is 2. The number of rotatable bonds is 2. The van der Waals surface area contributed by atoms with Gasteiger partial charge in [-0.15, -0.1) is 0 Å². The van der Waals surface area contributed by atoms with Crippen LogP contribution in [0, 0.1) is 0 Å². The molecule has 5 heteroatoms. The van der Waals surface area contributed by atoms with E-state index in [-0.39, 0.29) is 0 Å². The fourth-order valence-electron chi connectivity index (χ4n) is 2.73. The standard InChI is InChI=1S/C18H13Cl2N3/c19-14-11-12(15-5-3-4-10-21-15)8-9-13(14)18(20)22-16-6-1-2-7-17(16)23-18/h1-11,22-23H. The number of para-hydroxylation sites is 2. The van der Waals surface area contributed by atoms with Gasteiger partial charge in [0.2, 0.25) is 5.12 Å². The number of nitrogens with one attached hydrogen (secondary N) is 2. The SMILES string of the molecule is Clc1cc(-c2ccccn2)ccc1C1(Cl)Nc2ccccc2N1. The monoisotopic (exact) mass is 341 g/mol. The molecule has 0 saturated carbocycles. The quantitative estimate of drug-likeness (QED) is 0.491. The van der Waals surface area contributed by atoms with Crippen molar-refractivity contribution in [2.24, 2.45) is 0 Å². The van der Waals surface area contributed by atoms with Crippen LogP contribution in [0.15, 0.2) is 66.9 Å². The average molecular weight is 342 g/mol. The summed E-state index contributed by atoms with van der Waals surface area (Å²) < 4.78 is 0. The zero-order chi connectivity index (χ0) is 15.9. The number of benzene rings is 2. The van der Waals surface area contributed by atoms with Gasteiger partial charge in [-0.3, -0.25) is 4.98 Å². The Labute approximate surface area is 144 Å². The Morgan fingerprint density at radius 1 is 0.870 bits per heavy atom. The van der Waals surface area contributed by atoms with Crippen molar-refractivity contribution < 1.29 is 0 Å². The summed E-state index contributed by atoms with van der Waals surface area (Å²) in [5, 5.41) is 6.19. The van der Waals surface area contributed by atoms with Crippen LogP contribution in [0.1, 0.15) is 5.56 Å². The molecule has 114 valence electrons. The fraction of sp³-hybridized carbons (Fsp3) is 0.0556. The molecule has 0 spiro atoms. The summed E-state index contributed by atoms with van der Waals surface area (Å²) in [6, 6.07) is 19.4. The maximum absolute atomic E-state index is 6.74. The van der Waals surface area contributed by atoms with E-state index < -0.39 is 5.12 Å². The van der Waals surface area contributed by atoms with Crippen LogP contribution in [0.25, 0.3) is 11.3 Å². The van der Waals surface area contributed by atoms with Gasteiger partial charge in [-0.25, -0.2) is 0 Å². The first-order valence-electron chi connectivity index (χ1n) is 7.21. The first-order valence-corrected chi connectivity index (χ1v) is 7.97. The molecule has 1 aliphatic rings. The molecular formula is C18H13Cl2N3. The topological polar surface area (TPSA) is 37.0 Å². The lowest BCUT2D eigenvalue weighted by molar-refractivity contribution is 0.838. The van der Waals surface area contributed by atoms with Gasteiger partial charge >= 0.3 is 0 Å². The van der Waals surface area contributed by atoms with Gasteiger partial charge in [0.15, 0.2) is 0 Å². The maximum atomic E-state index is 6.74. The molecule has 1 aliphatic heterocycles. The molecule has 0 unspecified atom stereocenters. The number of hydrogen-bond acceptors (Lipinski definition) is 3. The van der Waals surface area contributed by atoms with Gasteiger partial charge in [0, 0.05) is 17.3 Å². The highest BCUT2D eigenvalue weighted by Gasteiger charge is 2.37. The predicted molar refractivity (Wildman–Crippen MR) is 95.9 cm³/mol. The third-order valence-corrected chi connectivity index (χ3v) is 4.55. The molecular weight excluding hydrogens is 329 g/mol. The van der Waals surface area contributed by atoms with Crippen LogP contribution >= 0.6 is 23.2 Å². The van der Waals surface area contributed by atoms with Crippen LogP contribution in [0.3, 0.4) is 0 Å². The largest absolute Gasteiger partial charge is 0.345 e. The van der Waals surface area contributed by atoms with E-state index in [1.54, 1.807) is 6.20 Å². The summed E-state index contributed by atoms with van der Waals surface area (Å²) in [7, 11) is 0. The number of aromatic nitrogens is 1. The molecule has 0 aliphatic carbocycles. The number of halogens is 2. The molecule has 1 aromatic heterocycles. The van der Waals surface area contributed by atoms with E-state index in [1.807, 2.05) is 60.7 Å². The summed E-state index contributed by atoms with van der Waals surface area (Å²) >= 11 is 13.2. The molecule has 0 saturated heterocycles. The van der Waals surface area contributed by atoms with E-state index in [2.05, 4.69) is 15.6 Å². The predicted octanol–water partition coefficient (Wildman–Crippen LogP) is 5.29. The summed E-state index contributed by atoms with van der Waals surface area (Å²) in [5.41, 5.74) is 4.51. The molecule has 4 rings (SSSR count). The molecule has 2 N–H and O–H groups in total. The maximum Gasteiger partial charge on any atom is 0.214 e. The molecule has 0 radical (unpaired) electrons. The highest BCUT2D eigenvalue weighted by Crippen LogP contribution is 2.44. The lowest BCUT2D eigenvalue weighted by Crippen LogP contribution is -2.32.